The highest BCUT2D eigenvalue weighted by atomic mass is 32.1. The Bertz CT molecular complexity index is 673. The maximum atomic E-state index is 5.81. The van der Waals surface area contributed by atoms with Crippen LogP contribution in [0.1, 0.15) is 20.8 Å². The average molecular weight is 272 g/mol. The molecule has 3 aromatic rings. The summed E-state index contributed by atoms with van der Waals surface area (Å²) < 4.78 is 5.81. The molecular weight excluding hydrogens is 256 g/mol. The predicted molar refractivity (Wildman–Crippen MR) is 80.7 cm³/mol. The van der Waals surface area contributed by atoms with E-state index < -0.39 is 0 Å². The van der Waals surface area contributed by atoms with Crippen molar-refractivity contribution in [3.05, 3.63) is 35.7 Å². The van der Waals surface area contributed by atoms with Crippen molar-refractivity contribution in [2.24, 2.45) is 0 Å². The summed E-state index contributed by atoms with van der Waals surface area (Å²) >= 11 is 1.60. The van der Waals surface area contributed by atoms with Crippen molar-refractivity contribution in [2.45, 2.75) is 26.3 Å². The lowest BCUT2D eigenvalue weighted by Crippen LogP contribution is -2.25. The van der Waals surface area contributed by atoms with Gasteiger partial charge in [0.1, 0.15) is 11.3 Å². The largest absolute Gasteiger partial charge is 0.454 e. The molecule has 0 spiro atoms. The number of anilines is 1. The van der Waals surface area contributed by atoms with Gasteiger partial charge >= 0.3 is 0 Å². The number of fused-ring (bicyclic) bond motifs is 1. The highest BCUT2D eigenvalue weighted by molar-refractivity contribution is 7.14. The SMILES string of the molecule is CC(C)(C)Nc1nc(-c2cc3ccccc3o2)cs1. The summed E-state index contributed by atoms with van der Waals surface area (Å²) in [6.45, 7) is 6.36. The normalized spacial score (nSPS) is 11.9. The minimum absolute atomic E-state index is 0.0169. The van der Waals surface area contributed by atoms with E-state index in [4.69, 9.17) is 4.42 Å². The fraction of sp³-hybridized carbons (Fsp3) is 0.267. The zero-order chi connectivity index (χ0) is 13.5. The van der Waals surface area contributed by atoms with Crippen molar-refractivity contribution >= 4 is 27.4 Å². The Morgan fingerprint density at radius 1 is 1.21 bits per heavy atom. The van der Waals surface area contributed by atoms with Crippen LogP contribution in [0.2, 0.25) is 0 Å². The summed E-state index contributed by atoms with van der Waals surface area (Å²) in [7, 11) is 0. The molecule has 2 aromatic heterocycles. The standard InChI is InChI=1S/C15H16N2OS/c1-15(2,3)17-14-16-11(9-19-14)13-8-10-6-4-5-7-12(10)18-13/h4-9H,1-3H3,(H,16,17). The number of nitrogens with zero attached hydrogens (tertiary/aromatic N) is 1. The lowest BCUT2D eigenvalue weighted by molar-refractivity contribution is 0.625. The molecule has 19 heavy (non-hydrogen) atoms. The maximum absolute atomic E-state index is 5.81. The van der Waals surface area contributed by atoms with Crippen molar-refractivity contribution in [1.82, 2.24) is 4.98 Å². The van der Waals surface area contributed by atoms with E-state index >= 15 is 0 Å². The van der Waals surface area contributed by atoms with Gasteiger partial charge in [-0.05, 0) is 32.9 Å². The maximum Gasteiger partial charge on any atom is 0.183 e. The molecule has 3 rings (SSSR count). The van der Waals surface area contributed by atoms with E-state index in [0.717, 1.165) is 27.6 Å². The minimum Gasteiger partial charge on any atom is -0.454 e. The fourth-order valence-corrected chi connectivity index (χ4v) is 2.78. The van der Waals surface area contributed by atoms with E-state index in [1.54, 1.807) is 11.3 Å². The topological polar surface area (TPSA) is 38.1 Å². The van der Waals surface area contributed by atoms with Crippen LogP contribution in [-0.2, 0) is 0 Å². The minimum atomic E-state index is 0.0169. The van der Waals surface area contributed by atoms with Crippen LogP contribution in [0.5, 0.6) is 0 Å². The third-order valence-electron chi connectivity index (χ3n) is 2.66. The molecule has 98 valence electrons. The van der Waals surface area contributed by atoms with Crippen LogP contribution in [0.25, 0.3) is 22.4 Å². The molecule has 0 aliphatic heterocycles. The molecule has 3 nitrogen and oxygen atoms in total. The Labute approximate surface area is 116 Å². The predicted octanol–water partition coefficient (Wildman–Crippen LogP) is 4.77. The monoisotopic (exact) mass is 272 g/mol. The van der Waals surface area contributed by atoms with Gasteiger partial charge in [-0.2, -0.15) is 0 Å². The Kier molecular flexibility index (Phi) is 2.82. The Hall–Kier alpha value is -1.81. The molecule has 0 saturated heterocycles. The first-order valence-corrected chi connectivity index (χ1v) is 7.12. The van der Waals surface area contributed by atoms with E-state index in [1.807, 2.05) is 35.7 Å². The first-order valence-electron chi connectivity index (χ1n) is 6.24. The molecule has 0 radical (unpaired) electrons. The molecule has 0 aliphatic carbocycles. The molecule has 0 aliphatic rings. The molecule has 0 saturated carbocycles. The summed E-state index contributed by atoms with van der Waals surface area (Å²) in [6, 6.07) is 10.0. The molecule has 0 unspecified atom stereocenters. The first-order chi connectivity index (χ1) is 9.01. The van der Waals surface area contributed by atoms with Crippen LogP contribution in [0.3, 0.4) is 0 Å². The van der Waals surface area contributed by atoms with Gasteiger partial charge in [0.05, 0.1) is 0 Å². The quantitative estimate of drug-likeness (QED) is 0.730. The molecule has 0 amide bonds. The summed E-state index contributed by atoms with van der Waals surface area (Å²) in [5.74, 6) is 0.819. The molecule has 4 heteroatoms. The molecule has 1 N–H and O–H groups in total. The lowest BCUT2D eigenvalue weighted by atomic mass is 10.1. The number of aromatic nitrogens is 1. The van der Waals surface area contributed by atoms with E-state index in [9.17, 15) is 0 Å². The van der Waals surface area contributed by atoms with E-state index in [0.29, 0.717) is 0 Å². The van der Waals surface area contributed by atoms with Gasteiger partial charge in [0.15, 0.2) is 10.9 Å². The number of benzene rings is 1. The third-order valence-corrected chi connectivity index (χ3v) is 3.42. The zero-order valence-electron chi connectivity index (χ0n) is 11.2. The van der Waals surface area contributed by atoms with Gasteiger partial charge in [-0.1, -0.05) is 18.2 Å². The van der Waals surface area contributed by atoms with Crippen LogP contribution < -0.4 is 5.32 Å². The van der Waals surface area contributed by atoms with Crippen LogP contribution in [-0.4, -0.2) is 10.5 Å². The smallest absolute Gasteiger partial charge is 0.183 e. The van der Waals surface area contributed by atoms with E-state index in [1.165, 1.54) is 0 Å². The molecule has 0 fully saturated rings. The van der Waals surface area contributed by atoms with Gasteiger partial charge in [0.25, 0.3) is 0 Å². The molecule has 2 heterocycles. The van der Waals surface area contributed by atoms with E-state index in [-0.39, 0.29) is 5.54 Å². The fourth-order valence-electron chi connectivity index (χ4n) is 1.87. The van der Waals surface area contributed by atoms with Gasteiger partial charge in [0.2, 0.25) is 0 Å². The van der Waals surface area contributed by atoms with Crippen LogP contribution >= 0.6 is 11.3 Å². The molecule has 0 atom stereocenters. The van der Waals surface area contributed by atoms with Crippen molar-refractivity contribution in [1.29, 1.82) is 0 Å². The van der Waals surface area contributed by atoms with Gasteiger partial charge in [-0.25, -0.2) is 4.98 Å². The molecule has 0 bridgehead atoms. The number of hydrogen-bond acceptors (Lipinski definition) is 4. The van der Waals surface area contributed by atoms with Crippen LogP contribution in [0.4, 0.5) is 5.13 Å². The van der Waals surface area contributed by atoms with Crippen molar-refractivity contribution < 1.29 is 4.42 Å². The van der Waals surface area contributed by atoms with Crippen molar-refractivity contribution in [3.8, 4) is 11.5 Å². The van der Waals surface area contributed by atoms with E-state index in [2.05, 4.69) is 31.1 Å². The number of thiazole rings is 1. The van der Waals surface area contributed by atoms with Crippen LogP contribution in [0, 0.1) is 0 Å². The van der Waals surface area contributed by atoms with Gasteiger partial charge < -0.3 is 9.73 Å². The summed E-state index contributed by atoms with van der Waals surface area (Å²) in [5.41, 5.74) is 1.80. The Morgan fingerprint density at radius 2 is 2.00 bits per heavy atom. The number of furan rings is 1. The Balaban J connectivity index is 1.94. The highest BCUT2D eigenvalue weighted by Gasteiger charge is 2.14. The summed E-state index contributed by atoms with van der Waals surface area (Å²) in [6.07, 6.45) is 0. The number of rotatable bonds is 2. The second kappa shape index (κ2) is 4.38. The van der Waals surface area contributed by atoms with Gasteiger partial charge in [-0.3, -0.25) is 0 Å². The van der Waals surface area contributed by atoms with Crippen molar-refractivity contribution in [2.75, 3.05) is 5.32 Å². The number of nitrogens with one attached hydrogen (secondary N) is 1. The average Bonchev–Trinajstić information content (AvgIpc) is 2.91. The summed E-state index contributed by atoms with van der Waals surface area (Å²) in [5, 5.41) is 7.42. The second-order valence-corrected chi connectivity index (χ2v) is 6.42. The van der Waals surface area contributed by atoms with Gasteiger partial charge in [0, 0.05) is 16.3 Å². The first kappa shape index (κ1) is 12.2. The Morgan fingerprint density at radius 3 is 2.74 bits per heavy atom. The van der Waals surface area contributed by atoms with Crippen molar-refractivity contribution in [3.63, 3.8) is 0 Å². The molecule has 1 aromatic carbocycles. The van der Waals surface area contributed by atoms with Crippen LogP contribution in [0.15, 0.2) is 40.1 Å². The second-order valence-electron chi connectivity index (χ2n) is 5.56. The third kappa shape index (κ3) is 2.63. The molecular formula is C15H16N2OS. The lowest BCUT2D eigenvalue weighted by Gasteiger charge is -2.19. The zero-order valence-corrected chi connectivity index (χ0v) is 12.0. The number of hydrogen-bond donors (Lipinski definition) is 1. The van der Waals surface area contributed by atoms with Gasteiger partial charge in [-0.15, -0.1) is 11.3 Å². The summed E-state index contributed by atoms with van der Waals surface area (Å²) in [4.78, 5) is 4.57. The highest BCUT2D eigenvalue weighted by Crippen LogP contribution is 2.30. The number of para-hydroxylation sites is 1.